The smallest absolute Gasteiger partial charge is 0.275 e. The van der Waals surface area contributed by atoms with Crippen LogP contribution in [0.4, 0.5) is 5.95 Å². The van der Waals surface area contributed by atoms with E-state index in [0.29, 0.717) is 29.7 Å². The molecule has 10 nitrogen and oxygen atoms in total. The maximum Gasteiger partial charge on any atom is 0.275 e. The number of aromatic nitrogens is 4. The molecule has 0 bridgehead atoms. The zero-order valence-electron chi connectivity index (χ0n) is 34.2. The van der Waals surface area contributed by atoms with Gasteiger partial charge in [-0.05, 0) is 106 Å². The lowest BCUT2D eigenvalue weighted by molar-refractivity contribution is -0.0672. The normalized spacial score (nSPS) is 18.6. The number of piperidine rings is 2. The molecule has 59 heavy (non-hydrogen) atoms. The van der Waals surface area contributed by atoms with Crippen molar-refractivity contribution in [2.45, 2.75) is 80.6 Å². The Morgan fingerprint density at radius 1 is 0.966 bits per heavy atom. The number of rotatable bonds is 12. The van der Waals surface area contributed by atoms with Crippen molar-refractivity contribution in [1.29, 1.82) is 0 Å². The van der Waals surface area contributed by atoms with Crippen LogP contribution in [0, 0.1) is 19.3 Å². The van der Waals surface area contributed by atoms with Crippen LogP contribution in [-0.4, -0.2) is 85.5 Å². The Kier molecular flexibility index (Phi) is 10.9. The number of aryl methyl sites for hydroxylation is 2. The summed E-state index contributed by atoms with van der Waals surface area (Å²) in [6.07, 6.45) is 15.6. The first-order valence-corrected chi connectivity index (χ1v) is 21.7. The third kappa shape index (κ3) is 7.81. The van der Waals surface area contributed by atoms with E-state index in [2.05, 4.69) is 77.3 Å². The second-order valence-electron chi connectivity index (χ2n) is 16.9. The minimum Gasteiger partial charge on any atom is -0.393 e. The van der Waals surface area contributed by atoms with E-state index in [9.17, 15) is 9.90 Å². The number of nitrogens with one attached hydrogen (secondary N) is 1. The second kappa shape index (κ2) is 16.2. The van der Waals surface area contributed by atoms with E-state index in [1.165, 1.54) is 17.5 Å². The summed E-state index contributed by atoms with van der Waals surface area (Å²) >= 11 is 1.53. The molecule has 11 heteroatoms. The molecule has 3 aromatic heterocycles. The van der Waals surface area contributed by atoms with E-state index in [4.69, 9.17) is 21.1 Å². The number of nitrogens with zero attached hydrogens (tertiary/aromatic N) is 6. The fraction of sp³-hybridized carbons (Fsp3) is 0.396. The highest BCUT2D eigenvalue weighted by Crippen LogP contribution is 2.43. The average Bonchev–Trinajstić information content (AvgIpc) is 4.00. The summed E-state index contributed by atoms with van der Waals surface area (Å²) in [5.41, 5.74) is 4.77. The summed E-state index contributed by atoms with van der Waals surface area (Å²) in [4.78, 5) is 30.4. The fourth-order valence-electron chi connectivity index (χ4n) is 8.98. The van der Waals surface area contributed by atoms with Gasteiger partial charge in [0.15, 0.2) is 5.60 Å². The largest absolute Gasteiger partial charge is 0.393 e. The number of pyridine rings is 1. The molecule has 3 aromatic carbocycles. The summed E-state index contributed by atoms with van der Waals surface area (Å²) < 4.78 is 10.6. The molecule has 6 aromatic rings. The highest BCUT2D eigenvalue weighted by molar-refractivity contribution is 7.98. The molecule has 1 unspecified atom stereocenters. The molecule has 3 fully saturated rings. The van der Waals surface area contributed by atoms with E-state index < -0.39 is 5.60 Å². The van der Waals surface area contributed by atoms with Crippen molar-refractivity contribution in [2.75, 3.05) is 44.2 Å². The Bertz CT molecular complexity index is 2560. The Morgan fingerprint density at radius 2 is 1.71 bits per heavy atom. The number of terminal acetylenes is 1. The van der Waals surface area contributed by atoms with Gasteiger partial charge in [-0.2, -0.15) is 0 Å². The molecule has 2 N–H and O–H groups in total. The predicted octanol–water partition coefficient (Wildman–Crippen LogP) is 7.28. The number of benzene rings is 3. The van der Waals surface area contributed by atoms with Gasteiger partial charge in [-0.25, -0.2) is 9.97 Å². The Labute approximate surface area is 350 Å². The molecule has 3 aliphatic rings. The highest BCUT2D eigenvalue weighted by Gasteiger charge is 2.44. The zero-order chi connectivity index (χ0) is 40.7. The van der Waals surface area contributed by atoms with Crippen LogP contribution >= 0.6 is 11.9 Å². The van der Waals surface area contributed by atoms with E-state index in [1.807, 2.05) is 52.8 Å². The molecule has 0 amide bonds. The van der Waals surface area contributed by atoms with Gasteiger partial charge < -0.3 is 29.5 Å². The summed E-state index contributed by atoms with van der Waals surface area (Å²) in [5, 5.41) is 16.8. The minimum absolute atomic E-state index is 0.0250. The SMILES string of the molecule is C#CCNC1(C)CCN(C2CCN(c3nc(C(CO)(OC4CC4)c4ccccc4)c4cc(-c5cn(C)c(=O)c6c5ccn6Sc5ccc(C)cc5)ccc4n3)CC2)CC1. The van der Waals surface area contributed by atoms with Crippen LogP contribution in [0.2, 0.25) is 0 Å². The van der Waals surface area contributed by atoms with Gasteiger partial charge >= 0.3 is 0 Å². The van der Waals surface area contributed by atoms with Crippen molar-refractivity contribution >= 4 is 39.7 Å². The number of hydrogen-bond donors (Lipinski definition) is 2. The third-order valence-corrected chi connectivity index (χ3v) is 13.7. The number of ether oxygens (including phenoxy) is 1. The molecule has 5 heterocycles. The van der Waals surface area contributed by atoms with Crippen LogP contribution in [0.3, 0.4) is 0 Å². The average molecular weight is 808 g/mol. The molecular weight excluding hydrogens is 755 g/mol. The molecule has 1 atom stereocenters. The van der Waals surface area contributed by atoms with Crippen LogP contribution in [0.5, 0.6) is 0 Å². The van der Waals surface area contributed by atoms with Gasteiger partial charge in [0.05, 0.1) is 30.5 Å². The molecule has 304 valence electrons. The van der Waals surface area contributed by atoms with E-state index in [-0.39, 0.29) is 23.8 Å². The van der Waals surface area contributed by atoms with Crippen molar-refractivity contribution in [1.82, 2.24) is 28.7 Å². The van der Waals surface area contributed by atoms with Gasteiger partial charge in [0, 0.05) is 78.4 Å². The quantitative estimate of drug-likeness (QED) is 0.124. The van der Waals surface area contributed by atoms with Crippen molar-refractivity contribution in [3.8, 4) is 23.5 Å². The van der Waals surface area contributed by atoms with Crippen molar-refractivity contribution < 1.29 is 9.84 Å². The first-order valence-electron chi connectivity index (χ1n) is 21.0. The number of fused-ring (bicyclic) bond motifs is 2. The van der Waals surface area contributed by atoms with E-state index in [1.54, 1.807) is 11.6 Å². The molecule has 1 aliphatic carbocycles. The monoisotopic (exact) mass is 807 g/mol. The zero-order valence-corrected chi connectivity index (χ0v) is 35.0. The van der Waals surface area contributed by atoms with Gasteiger partial charge in [-0.3, -0.25) is 8.77 Å². The summed E-state index contributed by atoms with van der Waals surface area (Å²) in [5.74, 6) is 3.40. The molecule has 2 aliphatic heterocycles. The lowest BCUT2D eigenvalue weighted by Gasteiger charge is -2.45. The van der Waals surface area contributed by atoms with Gasteiger partial charge in [0.25, 0.3) is 5.56 Å². The van der Waals surface area contributed by atoms with Gasteiger partial charge in [0.1, 0.15) is 5.52 Å². The number of aliphatic hydroxyl groups excluding tert-OH is 1. The third-order valence-electron chi connectivity index (χ3n) is 12.7. The first kappa shape index (κ1) is 39.5. The van der Waals surface area contributed by atoms with Crippen LogP contribution in [-0.2, 0) is 17.4 Å². The maximum absolute atomic E-state index is 13.7. The standard InChI is InChI=1S/C48H53N7O3S/c1-5-24-49-47(3)22-28-53(29-23-47)36-19-25-54(26-20-36)46-50-42-18-13-34(30-40(42)44(51-46)48(32-56,58-37-14-15-37)35-9-7-6-8-10-35)41-31-52(4)45(57)43-39(41)21-27-55(43)59-38-16-11-33(2)12-17-38/h1,6-13,16-18,21,27,30-31,36-37,49,56H,14-15,19-20,22-26,28-29,32H2,2-4H3. The number of hydrogen-bond acceptors (Lipinski definition) is 9. The molecule has 0 radical (unpaired) electrons. The minimum atomic E-state index is -1.21. The highest BCUT2D eigenvalue weighted by atomic mass is 32.2. The van der Waals surface area contributed by atoms with Crippen molar-refractivity contribution in [2.24, 2.45) is 7.05 Å². The Morgan fingerprint density at radius 3 is 2.41 bits per heavy atom. The van der Waals surface area contributed by atoms with Gasteiger partial charge in [-0.1, -0.05) is 60.0 Å². The maximum atomic E-state index is 13.7. The van der Waals surface area contributed by atoms with Gasteiger partial charge in [-0.15, -0.1) is 6.42 Å². The molecule has 2 saturated heterocycles. The fourth-order valence-corrected chi connectivity index (χ4v) is 9.85. The number of likely N-dealkylation sites (tertiary alicyclic amines) is 1. The molecule has 9 rings (SSSR count). The summed E-state index contributed by atoms with van der Waals surface area (Å²) in [7, 11) is 1.81. The van der Waals surface area contributed by atoms with Crippen LogP contribution < -0.4 is 15.8 Å². The topological polar surface area (TPSA) is 101 Å². The van der Waals surface area contributed by atoms with Gasteiger partial charge in [0.2, 0.25) is 5.95 Å². The lowest BCUT2D eigenvalue weighted by Crippen LogP contribution is -2.55. The van der Waals surface area contributed by atoms with Crippen molar-refractivity contribution in [3.63, 3.8) is 0 Å². The predicted molar refractivity (Wildman–Crippen MR) is 238 cm³/mol. The van der Waals surface area contributed by atoms with Crippen LogP contribution in [0.1, 0.15) is 62.3 Å². The summed E-state index contributed by atoms with van der Waals surface area (Å²) in [6, 6.07) is 27.2. The van der Waals surface area contributed by atoms with Crippen LogP contribution in [0.15, 0.2) is 101 Å². The number of aliphatic hydroxyl groups is 1. The Balaban J connectivity index is 1.10. The molecule has 1 saturated carbocycles. The molecular formula is C48H53N7O3S. The first-order chi connectivity index (χ1) is 28.7. The molecule has 0 spiro atoms. The lowest BCUT2D eigenvalue weighted by atomic mass is 9.87. The van der Waals surface area contributed by atoms with E-state index >= 15 is 0 Å². The number of anilines is 1. The summed E-state index contributed by atoms with van der Waals surface area (Å²) in [6.45, 7) is 8.49. The second-order valence-corrected chi connectivity index (χ2v) is 18.0. The van der Waals surface area contributed by atoms with Crippen molar-refractivity contribution in [3.05, 3.63) is 118 Å². The van der Waals surface area contributed by atoms with E-state index in [0.717, 1.165) is 103 Å². The van der Waals surface area contributed by atoms with Crippen LogP contribution in [0.25, 0.3) is 32.9 Å². The Hall–Kier alpha value is -4.96.